The molecule has 4 aromatic carbocycles. The number of nitrogens with zero attached hydrogens (tertiary/aromatic N) is 2. The van der Waals surface area contributed by atoms with Gasteiger partial charge in [-0.15, -0.1) is 0 Å². The predicted molar refractivity (Wildman–Crippen MR) is 183 cm³/mol. The van der Waals surface area contributed by atoms with Crippen LogP contribution in [-0.4, -0.2) is 51.4 Å². The van der Waals surface area contributed by atoms with Crippen molar-refractivity contribution in [2.24, 2.45) is 5.92 Å². The first-order valence-corrected chi connectivity index (χ1v) is 17.1. The largest absolute Gasteiger partial charge is 0.497 e. The summed E-state index contributed by atoms with van der Waals surface area (Å²) in [6, 6.07) is 23.4. The fraction of sp³-hybridized carbons (Fsp3) is 0.257. The second kappa shape index (κ2) is 16.1. The number of halogens is 3. The summed E-state index contributed by atoms with van der Waals surface area (Å²) in [6.45, 7) is 3.34. The van der Waals surface area contributed by atoms with Crippen LogP contribution >= 0.6 is 23.2 Å². The molecule has 1 unspecified atom stereocenters. The number of carbonyl (C=O) groups excluding carboxylic acids is 2. The van der Waals surface area contributed by atoms with E-state index in [1.165, 1.54) is 48.4 Å². The number of ether oxygens (including phenoxy) is 1. The van der Waals surface area contributed by atoms with Crippen molar-refractivity contribution >= 4 is 50.7 Å². The number of rotatable bonds is 14. The number of methoxy groups -OCH3 is 1. The third-order valence-corrected chi connectivity index (χ3v) is 9.88. The smallest absolute Gasteiger partial charge is 0.264 e. The molecule has 0 aliphatic carbocycles. The van der Waals surface area contributed by atoms with Gasteiger partial charge in [0.25, 0.3) is 10.0 Å². The zero-order valence-electron chi connectivity index (χ0n) is 26.2. The van der Waals surface area contributed by atoms with Gasteiger partial charge in [-0.05, 0) is 72.1 Å². The molecule has 0 saturated carbocycles. The van der Waals surface area contributed by atoms with Crippen LogP contribution in [0.3, 0.4) is 0 Å². The number of nitrogens with one attached hydrogen (secondary N) is 1. The summed E-state index contributed by atoms with van der Waals surface area (Å²) < 4.78 is 48.3. The minimum absolute atomic E-state index is 0.0511. The molecule has 4 rings (SSSR count). The Bertz CT molecular complexity index is 1750. The topological polar surface area (TPSA) is 96.0 Å². The summed E-state index contributed by atoms with van der Waals surface area (Å²) in [5.41, 5.74) is 1.22. The number of amides is 2. The maximum Gasteiger partial charge on any atom is 0.264 e. The van der Waals surface area contributed by atoms with Crippen LogP contribution in [0.5, 0.6) is 5.75 Å². The van der Waals surface area contributed by atoms with Gasteiger partial charge in [0.1, 0.15) is 24.2 Å². The summed E-state index contributed by atoms with van der Waals surface area (Å²) in [4.78, 5) is 29.6. The molecule has 0 spiro atoms. The van der Waals surface area contributed by atoms with Crippen LogP contribution in [0.2, 0.25) is 10.0 Å². The van der Waals surface area contributed by atoms with Crippen molar-refractivity contribution in [3.8, 4) is 5.75 Å². The normalized spacial score (nSPS) is 12.0. The van der Waals surface area contributed by atoms with Crippen LogP contribution in [0.4, 0.5) is 10.1 Å². The minimum atomic E-state index is -4.38. The Morgan fingerprint density at radius 2 is 1.49 bits per heavy atom. The fourth-order valence-electron chi connectivity index (χ4n) is 4.84. The van der Waals surface area contributed by atoms with Crippen LogP contribution in [0.1, 0.15) is 25.0 Å². The molecule has 0 aliphatic heterocycles. The molecule has 0 heterocycles. The van der Waals surface area contributed by atoms with E-state index in [-0.39, 0.29) is 39.5 Å². The summed E-state index contributed by atoms with van der Waals surface area (Å²) in [5.74, 6) is -1.15. The zero-order chi connectivity index (χ0) is 34.1. The molecular weight excluding hydrogens is 664 g/mol. The average Bonchev–Trinajstić information content (AvgIpc) is 3.06. The molecule has 0 aromatic heterocycles. The molecule has 0 radical (unpaired) electrons. The number of sulfonamides is 1. The van der Waals surface area contributed by atoms with Crippen molar-refractivity contribution in [3.63, 3.8) is 0 Å². The first-order chi connectivity index (χ1) is 22.4. The third kappa shape index (κ3) is 9.24. The van der Waals surface area contributed by atoms with Gasteiger partial charge in [-0.1, -0.05) is 73.4 Å². The number of anilines is 1. The average molecular weight is 701 g/mol. The first-order valence-electron chi connectivity index (χ1n) is 14.9. The van der Waals surface area contributed by atoms with Gasteiger partial charge in [0.2, 0.25) is 11.8 Å². The highest BCUT2D eigenvalue weighted by Gasteiger charge is 2.35. The van der Waals surface area contributed by atoms with Crippen molar-refractivity contribution < 1.29 is 27.1 Å². The second-order valence-corrected chi connectivity index (χ2v) is 13.9. The molecule has 12 heteroatoms. The minimum Gasteiger partial charge on any atom is -0.497 e. The second-order valence-electron chi connectivity index (χ2n) is 11.2. The van der Waals surface area contributed by atoms with Gasteiger partial charge in [0.15, 0.2) is 0 Å². The van der Waals surface area contributed by atoms with Gasteiger partial charge in [0, 0.05) is 35.1 Å². The molecule has 47 heavy (non-hydrogen) atoms. The van der Waals surface area contributed by atoms with Crippen LogP contribution < -0.4 is 14.4 Å². The van der Waals surface area contributed by atoms with E-state index in [0.717, 1.165) is 22.0 Å². The van der Waals surface area contributed by atoms with Gasteiger partial charge >= 0.3 is 0 Å². The standard InChI is InChI=1S/C35H36Cl2FN3O5S/c1-24(2)21-39-35(43)33(20-25-8-5-4-6-9-25)40(22-30-31(36)10-7-11-32(30)37)34(42)23-41(27-14-12-26(38)13-15-27)47(44,45)29-18-16-28(46-3)17-19-29/h4-19,24,33H,20-23H2,1-3H3,(H,39,43). The maximum atomic E-state index is 14.5. The van der Waals surface area contributed by atoms with Gasteiger partial charge in [-0.3, -0.25) is 13.9 Å². The summed E-state index contributed by atoms with van der Waals surface area (Å²) >= 11 is 13.1. The van der Waals surface area contributed by atoms with Gasteiger partial charge < -0.3 is 15.0 Å². The number of hydrogen-bond donors (Lipinski definition) is 1. The third-order valence-electron chi connectivity index (χ3n) is 7.39. The molecule has 8 nitrogen and oxygen atoms in total. The lowest BCUT2D eigenvalue weighted by atomic mass is 10.0. The molecule has 1 N–H and O–H groups in total. The summed E-state index contributed by atoms with van der Waals surface area (Å²) in [7, 11) is -2.93. The maximum absolute atomic E-state index is 14.5. The molecule has 0 fully saturated rings. The quantitative estimate of drug-likeness (QED) is 0.157. The van der Waals surface area contributed by atoms with Gasteiger partial charge in [0.05, 0.1) is 17.7 Å². The lowest BCUT2D eigenvalue weighted by Crippen LogP contribution is -2.53. The van der Waals surface area contributed by atoms with E-state index in [1.807, 2.05) is 44.2 Å². The van der Waals surface area contributed by atoms with E-state index in [2.05, 4.69) is 5.32 Å². The Kier molecular flexibility index (Phi) is 12.3. The summed E-state index contributed by atoms with van der Waals surface area (Å²) in [5, 5.41) is 3.48. The number of hydrogen-bond acceptors (Lipinski definition) is 5. The molecule has 1 atom stereocenters. The van der Waals surface area contributed by atoms with Crippen molar-refractivity contribution in [1.82, 2.24) is 10.2 Å². The van der Waals surface area contributed by atoms with E-state index in [4.69, 9.17) is 27.9 Å². The number of carbonyl (C=O) groups is 2. The molecule has 4 aromatic rings. The van der Waals surface area contributed by atoms with E-state index in [0.29, 0.717) is 17.9 Å². The van der Waals surface area contributed by atoms with Crippen molar-refractivity contribution in [2.45, 2.75) is 37.8 Å². The highest BCUT2D eigenvalue weighted by molar-refractivity contribution is 7.92. The van der Waals surface area contributed by atoms with Crippen LogP contribution in [-0.2, 0) is 32.6 Å². The van der Waals surface area contributed by atoms with E-state index in [9.17, 15) is 22.4 Å². The van der Waals surface area contributed by atoms with Crippen LogP contribution in [0.15, 0.2) is 102 Å². The molecule has 0 bridgehead atoms. The van der Waals surface area contributed by atoms with Crippen LogP contribution in [0, 0.1) is 11.7 Å². The van der Waals surface area contributed by atoms with Crippen LogP contribution in [0.25, 0.3) is 0 Å². The Balaban J connectivity index is 1.83. The van der Waals surface area contributed by atoms with Gasteiger partial charge in [-0.25, -0.2) is 12.8 Å². The molecule has 2 amide bonds. The van der Waals surface area contributed by atoms with E-state index >= 15 is 0 Å². The first kappa shape index (κ1) is 35.7. The Morgan fingerprint density at radius 1 is 0.872 bits per heavy atom. The van der Waals surface area contributed by atoms with E-state index in [1.54, 1.807) is 18.2 Å². The predicted octanol–water partition coefficient (Wildman–Crippen LogP) is 6.75. The molecule has 0 saturated heterocycles. The Hall–Kier alpha value is -4.12. The van der Waals surface area contributed by atoms with Gasteiger partial charge in [-0.2, -0.15) is 0 Å². The van der Waals surface area contributed by atoms with Crippen molar-refractivity contribution in [3.05, 3.63) is 124 Å². The highest BCUT2D eigenvalue weighted by Crippen LogP contribution is 2.29. The van der Waals surface area contributed by atoms with Crippen molar-refractivity contribution in [2.75, 3.05) is 24.5 Å². The zero-order valence-corrected chi connectivity index (χ0v) is 28.5. The SMILES string of the molecule is COc1ccc(S(=O)(=O)N(CC(=O)N(Cc2c(Cl)cccc2Cl)C(Cc2ccccc2)C(=O)NCC(C)C)c2ccc(F)cc2)cc1. The lowest BCUT2D eigenvalue weighted by Gasteiger charge is -2.34. The highest BCUT2D eigenvalue weighted by atomic mass is 35.5. The molecule has 248 valence electrons. The molecule has 0 aliphatic rings. The Morgan fingerprint density at radius 3 is 2.06 bits per heavy atom. The lowest BCUT2D eigenvalue weighted by molar-refractivity contribution is -0.140. The fourth-order valence-corrected chi connectivity index (χ4v) is 6.77. The summed E-state index contributed by atoms with van der Waals surface area (Å²) in [6.07, 6.45) is 0.125. The Labute approximate surface area is 285 Å². The van der Waals surface area contributed by atoms with Crippen molar-refractivity contribution in [1.29, 1.82) is 0 Å². The monoisotopic (exact) mass is 699 g/mol. The number of benzene rings is 4. The molecular formula is C35H36Cl2FN3O5S. The van der Waals surface area contributed by atoms with E-state index < -0.39 is 40.2 Å².